The molecule has 9 atom stereocenters. The number of likely N-dealkylation sites (tertiary alicyclic amines) is 1. The van der Waals surface area contributed by atoms with Crippen molar-refractivity contribution in [2.24, 2.45) is 5.92 Å². The van der Waals surface area contributed by atoms with Gasteiger partial charge in [-0.05, 0) is 62.8 Å². The number of aliphatic carboxylic acids is 1. The number of fused-ring (bicyclic) bond motifs is 13. The quantitative estimate of drug-likeness (QED) is 0.230. The van der Waals surface area contributed by atoms with E-state index in [4.69, 9.17) is 23.7 Å². The fourth-order valence-corrected chi connectivity index (χ4v) is 7.59. The number of aliphatic hydroxyl groups is 3. The molecule has 6 rings (SSSR count). The summed E-state index contributed by atoms with van der Waals surface area (Å²) >= 11 is 0. The number of nitrogens with zero attached hydrogens (tertiary/aromatic N) is 1. The lowest BCUT2D eigenvalue weighted by Crippen LogP contribution is -2.67. The van der Waals surface area contributed by atoms with Gasteiger partial charge in [0.2, 0.25) is 11.8 Å². The number of ether oxygens (including phenoxy) is 5. The van der Waals surface area contributed by atoms with E-state index in [0.717, 1.165) is 12.8 Å². The standard InChI is InChI=1S/C37H53N3O13/c1-21-14-25-15-22(2)32(21)52-13-12-50-26-16-29(40(19-26)35(46)24-8-7-10-49-20-24)51-11-6-4-5-9-37(36(47)48)17-27(42)30(39-23(3)41)33(53-37)31(44)28(43)18-38-34(25)45/h4,6,14-15,24,26-31,33,42-44H,5,7-13,16-20H2,1-3H3,(H,38,45)(H,39,41)(H,47,48)/b6-4+/t24?,26-,27+,28-,29+,30-,31-,33-,37-/m1/s1. The molecule has 5 aliphatic heterocycles. The maximum absolute atomic E-state index is 13.6. The highest BCUT2D eigenvalue weighted by atomic mass is 16.6. The van der Waals surface area contributed by atoms with Gasteiger partial charge in [0.1, 0.15) is 30.8 Å². The Hall–Kier alpha value is -3.64. The highest BCUT2D eigenvalue weighted by Crippen LogP contribution is 2.36. The smallest absolute Gasteiger partial charge is 0.336 e. The highest BCUT2D eigenvalue weighted by molar-refractivity contribution is 5.95. The maximum atomic E-state index is 13.6. The first-order valence-corrected chi connectivity index (χ1v) is 18.3. The summed E-state index contributed by atoms with van der Waals surface area (Å²) in [5, 5.41) is 48.8. The second-order valence-corrected chi connectivity index (χ2v) is 14.4. The zero-order valence-electron chi connectivity index (χ0n) is 30.5. The Morgan fingerprint density at radius 3 is 2.45 bits per heavy atom. The summed E-state index contributed by atoms with van der Waals surface area (Å²) in [6.45, 7) is 6.24. The summed E-state index contributed by atoms with van der Waals surface area (Å²) in [7, 11) is 0. The Kier molecular flexibility index (Phi) is 13.9. The average Bonchev–Trinajstić information content (AvgIpc) is 3.53. The van der Waals surface area contributed by atoms with Crippen LogP contribution in [0.1, 0.15) is 66.9 Å². The van der Waals surface area contributed by atoms with Crippen molar-refractivity contribution in [3.8, 4) is 5.75 Å². The van der Waals surface area contributed by atoms with Gasteiger partial charge >= 0.3 is 5.97 Å². The molecule has 3 fully saturated rings. The van der Waals surface area contributed by atoms with E-state index in [1.54, 1.807) is 43.0 Å². The Balaban J connectivity index is 1.39. The molecule has 294 valence electrons. The molecule has 3 amide bonds. The second kappa shape index (κ2) is 18.1. The third-order valence-corrected chi connectivity index (χ3v) is 10.3. The van der Waals surface area contributed by atoms with Crippen molar-refractivity contribution < 1.29 is 63.3 Å². The lowest BCUT2D eigenvalue weighted by atomic mass is 9.81. The molecule has 0 spiro atoms. The van der Waals surface area contributed by atoms with Crippen molar-refractivity contribution in [1.82, 2.24) is 15.5 Å². The third-order valence-electron chi connectivity index (χ3n) is 10.3. The van der Waals surface area contributed by atoms with Gasteiger partial charge < -0.3 is 59.6 Å². The second-order valence-electron chi connectivity index (χ2n) is 14.4. The van der Waals surface area contributed by atoms with E-state index >= 15 is 0 Å². The molecule has 0 radical (unpaired) electrons. The number of aliphatic hydroxyl groups excluding tert-OH is 3. The van der Waals surface area contributed by atoms with Gasteiger partial charge in [0, 0.05) is 45.0 Å². The molecule has 1 aromatic rings. The minimum atomic E-state index is -1.99. The number of aryl methyl sites for hydroxylation is 2. The van der Waals surface area contributed by atoms with Crippen molar-refractivity contribution in [1.29, 1.82) is 0 Å². The number of benzene rings is 1. The molecule has 0 saturated carbocycles. The molecule has 6 bridgehead atoms. The van der Waals surface area contributed by atoms with Crippen LogP contribution in [0.3, 0.4) is 0 Å². The summed E-state index contributed by atoms with van der Waals surface area (Å²) in [4.78, 5) is 53.2. The number of carboxylic acid groups (broad SMARTS) is 1. The highest BCUT2D eigenvalue weighted by Gasteiger charge is 2.54. The third kappa shape index (κ3) is 9.92. The van der Waals surface area contributed by atoms with Gasteiger partial charge in [0.05, 0.1) is 50.1 Å². The summed E-state index contributed by atoms with van der Waals surface area (Å²) in [5.41, 5.74) is -0.342. The number of amides is 3. The van der Waals surface area contributed by atoms with Crippen LogP contribution in [0.25, 0.3) is 0 Å². The van der Waals surface area contributed by atoms with Crippen LogP contribution in [-0.4, -0.2) is 144 Å². The molecule has 16 nitrogen and oxygen atoms in total. The van der Waals surface area contributed by atoms with Crippen molar-refractivity contribution in [3.63, 3.8) is 0 Å². The molecule has 0 aromatic heterocycles. The lowest BCUT2D eigenvalue weighted by molar-refractivity contribution is -0.229. The normalized spacial score (nSPS) is 34.2. The molecule has 1 unspecified atom stereocenters. The predicted octanol–water partition coefficient (Wildman–Crippen LogP) is 0.349. The number of rotatable bonds is 3. The van der Waals surface area contributed by atoms with E-state index in [0.29, 0.717) is 43.1 Å². The molecule has 3 saturated heterocycles. The summed E-state index contributed by atoms with van der Waals surface area (Å²) in [6, 6.07) is 2.00. The summed E-state index contributed by atoms with van der Waals surface area (Å²) in [6.07, 6.45) is -2.33. The van der Waals surface area contributed by atoms with Crippen molar-refractivity contribution in [3.05, 3.63) is 41.0 Å². The predicted molar refractivity (Wildman–Crippen MR) is 187 cm³/mol. The first kappa shape index (κ1) is 40.5. The molecule has 16 heteroatoms. The van der Waals surface area contributed by atoms with E-state index in [1.807, 2.05) is 0 Å². The summed E-state index contributed by atoms with van der Waals surface area (Å²) < 4.78 is 29.9. The minimum absolute atomic E-state index is 0.0552. The molecular weight excluding hydrogens is 694 g/mol. The monoisotopic (exact) mass is 747 g/mol. The number of carboxylic acids is 1. The largest absolute Gasteiger partial charge is 0.491 e. The van der Waals surface area contributed by atoms with Gasteiger partial charge in [-0.25, -0.2) is 4.79 Å². The molecule has 0 aliphatic carbocycles. The molecule has 6 N–H and O–H groups in total. The van der Waals surface area contributed by atoms with Crippen LogP contribution < -0.4 is 15.4 Å². The van der Waals surface area contributed by atoms with Gasteiger partial charge in [-0.3, -0.25) is 14.4 Å². The number of nitrogens with one attached hydrogen (secondary N) is 2. The van der Waals surface area contributed by atoms with Gasteiger partial charge in [-0.1, -0.05) is 12.2 Å². The van der Waals surface area contributed by atoms with Crippen molar-refractivity contribution >= 4 is 23.7 Å². The van der Waals surface area contributed by atoms with E-state index < -0.39 is 73.0 Å². The van der Waals surface area contributed by atoms with Gasteiger partial charge in [0.15, 0.2) is 5.60 Å². The fraction of sp³-hybridized carbons (Fsp3) is 0.676. The Bertz CT molecular complexity index is 1480. The number of allylic oxidation sites excluding steroid dienone is 1. The van der Waals surface area contributed by atoms with Crippen LogP contribution >= 0.6 is 0 Å². The van der Waals surface area contributed by atoms with Crippen LogP contribution in [0.5, 0.6) is 5.75 Å². The minimum Gasteiger partial charge on any atom is -0.491 e. The topological polar surface area (TPSA) is 223 Å². The van der Waals surface area contributed by atoms with Crippen LogP contribution in [-0.2, 0) is 33.3 Å². The molecule has 53 heavy (non-hydrogen) atoms. The van der Waals surface area contributed by atoms with E-state index in [2.05, 4.69) is 10.6 Å². The Morgan fingerprint density at radius 2 is 1.77 bits per heavy atom. The molecule has 1 aromatic carbocycles. The first-order chi connectivity index (χ1) is 25.3. The van der Waals surface area contributed by atoms with Crippen molar-refractivity contribution in [2.75, 3.05) is 46.1 Å². The van der Waals surface area contributed by atoms with Crippen LogP contribution in [0.15, 0.2) is 24.3 Å². The van der Waals surface area contributed by atoms with Gasteiger partial charge in [-0.15, -0.1) is 0 Å². The number of hydrogen-bond donors (Lipinski definition) is 6. The lowest BCUT2D eigenvalue weighted by Gasteiger charge is -2.47. The van der Waals surface area contributed by atoms with Gasteiger partial charge in [0.25, 0.3) is 5.91 Å². The number of hydrogen-bond acceptors (Lipinski definition) is 12. The number of carbonyl (C=O) groups excluding carboxylic acids is 3. The molecule has 5 heterocycles. The zero-order valence-corrected chi connectivity index (χ0v) is 30.5. The van der Waals surface area contributed by atoms with Gasteiger partial charge in [-0.2, -0.15) is 0 Å². The van der Waals surface area contributed by atoms with E-state index in [-0.39, 0.29) is 56.2 Å². The first-order valence-electron chi connectivity index (χ1n) is 18.3. The maximum Gasteiger partial charge on any atom is 0.336 e. The van der Waals surface area contributed by atoms with Crippen LogP contribution in [0.4, 0.5) is 0 Å². The Morgan fingerprint density at radius 1 is 1.02 bits per heavy atom. The average molecular weight is 748 g/mol. The summed E-state index contributed by atoms with van der Waals surface area (Å²) in [5.74, 6) is -2.25. The SMILES string of the molecule is CC(=O)N[C@H]1[C@H]2O[C@](C(=O)O)(CC/C=C/CO[C@H]3C[C@H](CN3C(=O)C3CCCOC3)OCCOc3c(C)cc(cc3C)C(=O)NC[C@@H](O)[C@H]2O)C[C@@H]1O. The van der Waals surface area contributed by atoms with E-state index in [1.165, 1.54) is 6.92 Å². The van der Waals surface area contributed by atoms with Crippen molar-refractivity contribution in [2.45, 2.75) is 108 Å². The zero-order chi connectivity index (χ0) is 38.3. The van der Waals surface area contributed by atoms with Crippen LogP contribution in [0, 0.1) is 19.8 Å². The van der Waals surface area contributed by atoms with Crippen LogP contribution in [0.2, 0.25) is 0 Å². The number of carbonyl (C=O) groups is 4. The Labute approximate surface area is 308 Å². The fourth-order valence-electron chi connectivity index (χ4n) is 7.59. The van der Waals surface area contributed by atoms with E-state index in [9.17, 15) is 39.6 Å². The molecular formula is C37H53N3O13. The molecule has 5 aliphatic rings.